The first-order valence-corrected chi connectivity index (χ1v) is 8.29. The molecule has 0 amide bonds. The van der Waals surface area contributed by atoms with Crippen molar-refractivity contribution in [2.45, 2.75) is 29.9 Å². The fraction of sp³-hybridized carbons (Fsp3) is 0.235. The van der Waals surface area contributed by atoms with Gasteiger partial charge in [-0.25, -0.2) is 8.42 Å². The van der Waals surface area contributed by atoms with Gasteiger partial charge in [-0.3, -0.25) is 0 Å². The van der Waals surface area contributed by atoms with Crippen LogP contribution in [-0.2, 0) is 21.0 Å². The molecule has 2 rings (SSSR count). The van der Waals surface area contributed by atoms with Gasteiger partial charge in [0.25, 0.3) is 0 Å². The lowest BCUT2D eigenvalue weighted by Gasteiger charge is -2.16. The highest BCUT2D eigenvalue weighted by molar-refractivity contribution is 7.90. The van der Waals surface area contributed by atoms with Gasteiger partial charge >= 0.3 is 0 Å². The molecule has 0 atom stereocenters. The molecule has 0 heterocycles. The van der Waals surface area contributed by atoms with E-state index in [1.807, 2.05) is 26.0 Å². The van der Waals surface area contributed by atoms with Gasteiger partial charge in [0.05, 0.1) is 22.1 Å². The summed E-state index contributed by atoms with van der Waals surface area (Å²) in [7, 11) is -3.33. The zero-order chi connectivity index (χ0) is 15.5. The van der Waals surface area contributed by atoms with Crippen molar-refractivity contribution in [3.8, 4) is 6.07 Å². The second-order valence-electron chi connectivity index (χ2n) is 5.51. The van der Waals surface area contributed by atoms with E-state index in [9.17, 15) is 8.42 Å². The van der Waals surface area contributed by atoms with Crippen LogP contribution in [0, 0.1) is 11.3 Å². The van der Waals surface area contributed by atoms with Gasteiger partial charge in [-0.15, -0.1) is 0 Å². The molecular weight excluding hydrogens is 282 g/mol. The number of nitrogens with zero attached hydrogens (tertiary/aromatic N) is 1. The smallest absolute Gasteiger partial charge is 0.182 e. The van der Waals surface area contributed by atoms with E-state index < -0.39 is 15.3 Å². The van der Waals surface area contributed by atoms with Crippen LogP contribution in [0.4, 0.5) is 0 Å². The second-order valence-corrected chi connectivity index (χ2v) is 7.50. The quantitative estimate of drug-likeness (QED) is 0.868. The van der Waals surface area contributed by atoms with Crippen molar-refractivity contribution in [3.05, 3.63) is 65.7 Å². The molecule has 3 nitrogen and oxygen atoms in total. The van der Waals surface area contributed by atoms with Gasteiger partial charge in [-0.2, -0.15) is 5.26 Å². The maximum absolute atomic E-state index is 12.3. The third-order valence-corrected chi connectivity index (χ3v) is 5.12. The zero-order valence-electron chi connectivity index (χ0n) is 12.1. The maximum atomic E-state index is 12.3. The molecule has 2 aromatic rings. The minimum absolute atomic E-state index is 0.0374. The number of hydrogen-bond acceptors (Lipinski definition) is 3. The van der Waals surface area contributed by atoms with Crippen LogP contribution in [0.15, 0.2) is 59.5 Å². The molecule has 0 aliphatic heterocycles. The monoisotopic (exact) mass is 299 g/mol. The van der Waals surface area contributed by atoms with Crippen molar-refractivity contribution in [2.24, 2.45) is 0 Å². The average Bonchev–Trinajstić information content (AvgIpc) is 2.48. The molecule has 0 unspecified atom stereocenters. The van der Waals surface area contributed by atoms with Crippen molar-refractivity contribution in [1.82, 2.24) is 0 Å². The SMILES string of the molecule is CC(C)(C#N)c1ccc(CS(=O)(=O)c2ccccc2)cc1. The summed E-state index contributed by atoms with van der Waals surface area (Å²) >= 11 is 0. The van der Waals surface area contributed by atoms with E-state index in [4.69, 9.17) is 5.26 Å². The molecule has 0 aliphatic rings. The van der Waals surface area contributed by atoms with Gasteiger partial charge in [0.15, 0.2) is 9.84 Å². The van der Waals surface area contributed by atoms with Crippen LogP contribution < -0.4 is 0 Å². The molecule has 0 saturated carbocycles. The van der Waals surface area contributed by atoms with Crippen LogP contribution in [0.3, 0.4) is 0 Å². The minimum atomic E-state index is -3.33. The molecule has 0 spiro atoms. The van der Waals surface area contributed by atoms with Gasteiger partial charge in [-0.1, -0.05) is 42.5 Å². The third kappa shape index (κ3) is 3.50. The van der Waals surface area contributed by atoms with Crippen LogP contribution in [-0.4, -0.2) is 8.42 Å². The van der Waals surface area contributed by atoms with Crippen molar-refractivity contribution in [1.29, 1.82) is 5.26 Å². The molecule has 0 saturated heterocycles. The van der Waals surface area contributed by atoms with Gasteiger partial charge in [0.2, 0.25) is 0 Å². The number of hydrogen-bond donors (Lipinski definition) is 0. The van der Waals surface area contributed by atoms with Crippen molar-refractivity contribution >= 4 is 9.84 Å². The Morgan fingerprint density at radius 1 is 1.00 bits per heavy atom. The Balaban J connectivity index is 2.24. The van der Waals surface area contributed by atoms with Gasteiger partial charge in [0.1, 0.15) is 0 Å². The molecule has 0 N–H and O–H groups in total. The Hall–Kier alpha value is -2.12. The van der Waals surface area contributed by atoms with E-state index in [-0.39, 0.29) is 5.75 Å². The molecule has 0 aromatic heterocycles. The summed E-state index contributed by atoms with van der Waals surface area (Å²) < 4.78 is 24.6. The predicted octanol–water partition coefficient (Wildman–Crippen LogP) is 3.46. The second kappa shape index (κ2) is 5.71. The lowest BCUT2D eigenvalue weighted by Crippen LogP contribution is -2.13. The number of sulfone groups is 1. The predicted molar refractivity (Wildman–Crippen MR) is 82.4 cm³/mol. The fourth-order valence-corrected chi connectivity index (χ4v) is 3.38. The van der Waals surface area contributed by atoms with E-state index in [2.05, 4.69) is 6.07 Å². The Morgan fingerprint density at radius 2 is 1.57 bits per heavy atom. The van der Waals surface area contributed by atoms with Gasteiger partial charge in [0, 0.05) is 0 Å². The van der Waals surface area contributed by atoms with Crippen LogP contribution >= 0.6 is 0 Å². The highest BCUT2D eigenvalue weighted by atomic mass is 32.2. The summed E-state index contributed by atoms with van der Waals surface area (Å²) in [6.45, 7) is 3.67. The maximum Gasteiger partial charge on any atom is 0.182 e. The van der Waals surface area contributed by atoms with Crippen LogP contribution in [0.5, 0.6) is 0 Å². The van der Waals surface area contributed by atoms with Crippen molar-refractivity contribution in [2.75, 3.05) is 0 Å². The van der Waals surface area contributed by atoms with Gasteiger partial charge < -0.3 is 0 Å². The van der Waals surface area contributed by atoms with E-state index >= 15 is 0 Å². The Bertz CT molecular complexity index is 755. The highest BCUT2D eigenvalue weighted by Gasteiger charge is 2.20. The van der Waals surface area contributed by atoms with E-state index in [1.165, 1.54) is 0 Å². The molecule has 21 heavy (non-hydrogen) atoms. The molecule has 0 radical (unpaired) electrons. The Labute approximate surface area is 125 Å². The summed E-state index contributed by atoms with van der Waals surface area (Å²) in [6, 6.07) is 17.8. The largest absolute Gasteiger partial charge is 0.223 e. The first-order valence-electron chi connectivity index (χ1n) is 6.64. The number of nitriles is 1. The lowest BCUT2D eigenvalue weighted by atomic mass is 9.86. The highest BCUT2D eigenvalue weighted by Crippen LogP contribution is 2.23. The standard InChI is InChI=1S/C17H17NO2S/c1-17(2,13-18)15-10-8-14(9-11-15)12-21(19,20)16-6-4-3-5-7-16/h3-11H,12H2,1-2H3. The Morgan fingerprint density at radius 3 is 2.10 bits per heavy atom. The average molecular weight is 299 g/mol. The zero-order valence-corrected chi connectivity index (χ0v) is 12.9. The molecule has 2 aromatic carbocycles. The summed E-state index contributed by atoms with van der Waals surface area (Å²) in [5.74, 6) is -0.0374. The molecule has 0 aliphatic carbocycles. The topological polar surface area (TPSA) is 57.9 Å². The first-order chi connectivity index (χ1) is 9.85. The van der Waals surface area contributed by atoms with Crippen LogP contribution in [0.1, 0.15) is 25.0 Å². The molecular formula is C17H17NO2S. The van der Waals surface area contributed by atoms with E-state index in [0.29, 0.717) is 4.90 Å². The summed E-state index contributed by atoms with van der Waals surface area (Å²) in [5.41, 5.74) is 1.03. The van der Waals surface area contributed by atoms with Gasteiger partial charge in [-0.05, 0) is 37.1 Å². The van der Waals surface area contributed by atoms with E-state index in [0.717, 1.165) is 11.1 Å². The molecule has 108 valence electrons. The third-order valence-electron chi connectivity index (χ3n) is 3.41. The number of rotatable bonds is 4. The molecule has 4 heteroatoms. The summed E-state index contributed by atoms with van der Waals surface area (Å²) in [5, 5.41) is 9.11. The van der Waals surface area contributed by atoms with Crippen molar-refractivity contribution < 1.29 is 8.42 Å². The van der Waals surface area contributed by atoms with Crippen molar-refractivity contribution in [3.63, 3.8) is 0 Å². The van der Waals surface area contributed by atoms with E-state index in [1.54, 1.807) is 42.5 Å². The minimum Gasteiger partial charge on any atom is -0.223 e. The normalized spacial score (nSPS) is 11.9. The molecule has 0 bridgehead atoms. The lowest BCUT2D eigenvalue weighted by molar-refractivity contribution is 0.595. The summed E-state index contributed by atoms with van der Waals surface area (Å²) in [4.78, 5) is 0.325. The fourth-order valence-electron chi connectivity index (χ4n) is 2.01. The first kappa shape index (κ1) is 15.3. The van der Waals surface area contributed by atoms with Crippen LogP contribution in [0.2, 0.25) is 0 Å². The van der Waals surface area contributed by atoms with Crippen LogP contribution in [0.25, 0.3) is 0 Å². The Kier molecular flexibility index (Phi) is 4.15. The number of benzene rings is 2. The summed E-state index contributed by atoms with van der Waals surface area (Å²) in [6.07, 6.45) is 0. The molecule has 0 fully saturated rings.